The molecule has 0 radical (unpaired) electrons. The van der Waals surface area contributed by atoms with Crippen LogP contribution in [-0.2, 0) is 11.2 Å². The zero-order valence-corrected chi connectivity index (χ0v) is 14.8. The molecule has 4 rings (SSSR count). The monoisotopic (exact) mass is 343 g/mol. The Morgan fingerprint density at radius 2 is 2.08 bits per heavy atom. The van der Waals surface area contributed by atoms with Gasteiger partial charge in [-0.25, -0.2) is 0 Å². The van der Waals surface area contributed by atoms with Gasteiger partial charge in [0, 0.05) is 17.4 Å². The summed E-state index contributed by atoms with van der Waals surface area (Å²) in [6.45, 7) is 4.31. The maximum atomic E-state index is 12.6. The zero-order valence-electron chi connectivity index (χ0n) is 14.8. The normalized spacial score (nSPS) is 36.5. The highest BCUT2D eigenvalue weighted by molar-refractivity contribution is 5.87. The second-order valence-corrected chi connectivity index (χ2v) is 8.34. The molecule has 2 fully saturated rings. The first-order valence-electron chi connectivity index (χ1n) is 9.41. The number of aromatic hydroxyl groups is 1. The molecule has 1 aromatic rings. The van der Waals surface area contributed by atoms with Gasteiger partial charge in [-0.05, 0) is 61.0 Å². The molecule has 0 aliphatic heterocycles. The summed E-state index contributed by atoms with van der Waals surface area (Å²) in [6.07, 6.45) is 5.02. The Hall–Kier alpha value is -1.91. The van der Waals surface area contributed by atoms with Crippen molar-refractivity contribution in [1.29, 1.82) is 0 Å². The van der Waals surface area contributed by atoms with Crippen LogP contribution in [0.4, 0.5) is 5.69 Å². The zero-order chi connectivity index (χ0) is 17.9. The predicted molar refractivity (Wildman–Crippen MR) is 93.5 cm³/mol. The van der Waals surface area contributed by atoms with Crippen molar-refractivity contribution in [1.82, 2.24) is 0 Å². The standard InChI is InChI=1S/C20H25NO4/c1-3-11-10-20(2)15(7-9-17(20)23)14-5-4-13-12(18(11)14)6-8-16(22)19(13)21(24)25/h6,8,11,14-15,18,22H,3-5,7,9-10H2,1-2H3/t11-,14?,15?,18?,20-/m0/s1. The van der Waals surface area contributed by atoms with Crippen LogP contribution in [0.15, 0.2) is 12.1 Å². The maximum absolute atomic E-state index is 12.6. The summed E-state index contributed by atoms with van der Waals surface area (Å²) >= 11 is 0. The first-order valence-corrected chi connectivity index (χ1v) is 9.41. The second-order valence-electron chi connectivity index (χ2n) is 8.34. The van der Waals surface area contributed by atoms with Gasteiger partial charge in [-0.2, -0.15) is 0 Å². The van der Waals surface area contributed by atoms with Gasteiger partial charge in [0.15, 0.2) is 5.75 Å². The predicted octanol–water partition coefficient (Wildman–Crippen LogP) is 4.36. The molecule has 0 amide bonds. The Morgan fingerprint density at radius 3 is 2.76 bits per heavy atom. The minimum atomic E-state index is -0.443. The lowest BCUT2D eigenvalue weighted by Crippen LogP contribution is -2.46. The minimum Gasteiger partial charge on any atom is -0.502 e. The highest BCUT2D eigenvalue weighted by Gasteiger charge is 2.57. The number of Topliss-reactive ketones (excluding diaryl/α,β-unsaturated/α-hetero) is 1. The fourth-order valence-corrected chi connectivity index (χ4v) is 6.31. The maximum Gasteiger partial charge on any atom is 0.314 e. The molecule has 3 aliphatic carbocycles. The molecule has 0 heterocycles. The van der Waals surface area contributed by atoms with Crippen LogP contribution in [0.5, 0.6) is 5.75 Å². The largest absolute Gasteiger partial charge is 0.502 e. The lowest BCUT2D eigenvalue weighted by Gasteiger charge is -2.52. The SMILES string of the molecule is CC[C@H]1C[C@]2(C)C(=O)CCC2C2CCc3c(ccc(O)c3[N+](=O)[O-])C21. The van der Waals surface area contributed by atoms with Crippen LogP contribution < -0.4 is 0 Å². The Morgan fingerprint density at radius 1 is 1.32 bits per heavy atom. The Bertz CT molecular complexity index is 758. The van der Waals surface area contributed by atoms with E-state index in [0.29, 0.717) is 36.4 Å². The lowest BCUT2D eigenvalue weighted by atomic mass is 9.51. The number of nitro benzene ring substituents is 1. The molecule has 134 valence electrons. The number of nitro groups is 1. The molecule has 25 heavy (non-hydrogen) atoms. The Balaban J connectivity index is 1.84. The first-order chi connectivity index (χ1) is 11.9. The highest BCUT2D eigenvalue weighted by Crippen LogP contribution is 2.62. The molecular formula is C20H25NO4. The van der Waals surface area contributed by atoms with E-state index in [1.165, 1.54) is 6.07 Å². The number of hydrogen-bond donors (Lipinski definition) is 1. The molecule has 1 aromatic carbocycles. The molecule has 0 aromatic heterocycles. The van der Waals surface area contributed by atoms with Crippen LogP contribution in [-0.4, -0.2) is 15.8 Å². The number of nitrogens with zero attached hydrogens (tertiary/aromatic N) is 1. The van der Waals surface area contributed by atoms with Gasteiger partial charge >= 0.3 is 5.69 Å². The van der Waals surface area contributed by atoms with Gasteiger partial charge in [-0.15, -0.1) is 0 Å². The van der Waals surface area contributed by atoms with Crippen molar-refractivity contribution in [2.75, 3.05) is 0 Å². The number of rotatable bonds is 2. The molecule has 1 N–H and O–H groups in total. The van der Waals surface area contributed by atoms with Crippen LogP contribution in [0.1, 0.15) is 63.0 Å². The molecule has 3 unspecified atom stereocenters. The van der Waals surface area contributed by atoms with Gasteiger partial charge in [0.05, 0.1) is 4.92 Å². The van der Waals surface area contributed by atoms with Gasteiger partial charge in [0.2, 0.25) is 0 Å². The average molecular weight is 343 g/mol. The van der Waals surface area contributed by atoms with E-state index in [1.807, 2.05) is 6.07 Å². The third kappa shape index (κ3) is 2.17. The van der Waals surface area contributed by atoms with Crippen LogP contribution in [0.3, 0.4) is 0 Å². The van der Waals surface area contributed by atoms with Crippen molar-refractivity contribution in [2.45, 2.75) is 58.3 Å². The summed E-state index contributed by atoms with van der Waals surface area (Å²) in [5.74, 6) is 1.65. The molecule has 5 atom stereocenters. The van der Waals surface area contributed by atoms with Crippen LogP contribution in [0.25, 0.3) is 0 Å². The van der Waals surface area contributed by atoms with Crippen molar-refractivity contribution in [3.63, 3.8) is 0 Å². The number of carbonyl (C=O) groups is 1. The number of benzene rings is 1. The molecule has 3 aliphatic rings. The van der Waals surface area contributed by atoms with E-state index in [9.17, 15) is 20.0 Å². The quantitative estimate of drug-likeness (QED) is 0.639. The van der Waals surface area contributed by atoms with E-state index in [2.05, 4.69) is 13.8 Å². The van der Waals surface area contributed by atoms with Crippen LogP contribution in [0.2, 0.25) is 0 Å². The van der Waals surface area contributed by atoms with E-state index >= 15 is 0 Å². The summed E-state index contributed by atoms with van der Waals surface area (Å²) in [4.78, 5) is 23.6. The molecule has 0 spiro atoms. The van der Waals surface area contributed by atoms with E-state index in [4.69, 9.17) is 0 Å². The lowest BCUT2D eigenvalue weighted by molar-refractivity contribution is -0.386. The average Bonchev–Trinajstić information content (AvgIpc) is 2.88. The number of hydrogen-bond acceptors (Lipinski definition) is 4. The number of ketones is 1. The Labute approximate surface area is 147 Å². The fourth-order valence-electron chi connectivity index (χ4n) is 6.31. The van der Waals surface area contributed by atoms with E-state index in [1.54, 1.807) is 0 Å². The third-order valence-electron chi connectivity index (χ3n) is 7.40. The minimum absolute atomic E-state index is 0.110. The van der Waals surface area contributed by atoms with Gasteiger partial charge in [-0.1, -0.05) is 26.3 Å². The fraction of sp³-hybridized carbons (Fsp3) is 0.650. The Kier molecular flexibility index (Phi) is 3.67. The highest BCUT2D eigenvalue weighted by atomic mass is 16.6. The number of carbonyl (C=O) groups excluding carboxylic acids is 1. The molecule has 2 saturated carbocycles. The molecule has 0 saturated heterocycles. The van der Waals surface area contributed by atoms with Crippen molar-refractivity contribution in [3.8, 4) is 5.75 Å². The van der Waals surface area contributed by atoms with Crippen molar-refractivity contribution in [3.05, 3.63) is 33.4 Å². The van der Waals surface area contributed by atoms with Gasteiger partial charge in [0.1, 0.15) is 5.78 Å². The summed E-state index contributed by atoms with van der Waals surface area (Å²) in [5, 5.41) is 21.5. The van der Waals surface area contributed by atoms with Crippen molar-refractivity contribution < 1.29 is 14.8 Å². The second kappa shape index (κ2) is 5.55. The number of fused-ring (bicyclic) bond motifs is 5. The van der Waals surface area contributed by atoms with Crippen molar-refractivity contribution >= 4 is 11.5 Å². The summed E-state index contributed by atoms with van der Waals surface area (Å²) in [5.41, 5.74) is 1.45. The summed E-state index contributed by atoms with van der Waals surface area (Å²) < 4.78 is 0. The molecule has 0 bridgehead atoms. The molecule has 5 nitrogen and oxygen atoms in total. The van der Waals surface area contributed by atoms with Crippen LogP contribution in [0, 0.1) is 33.3 Å². The third-order valence-corrected chi connectivity index (χ3v) is 7.40. The first kappa shape index (κ1) is 16.6. The van der Waals surface area contributed by atoms with Crippen LogP contribution >= 0.6 is 0 Å². The summed E-state index contributed by atoms with van der Waals surface area (Å²) in [7, 11) is 0. The van der Waals surface area contributed by atoms with Gasteiger partial charge in [-0.3, -0.25) is 14.9 Å². The summed E-state index contributed by atoms with van der Waals surface area (Å²) in [6, 6.07) is 3.39. The smallest absolute Gasteiger partial charge is 0.314 e. The van der Waals surface area contributed by atoms with E-state index in [0.717, 1.165) is 36.8 Å². The molecule has 5 heteroatoms. The van der Waals surface area contributed by atoms with Gasteiger partial charge < -0.3 is 5.11 Å². The number of phenolic OH excluding ortho intramolecular Hbond substituents is 1. The molecular weight excluding hydrogens is 318 g/mol. The van der Waals surface area contributed by atoms with E-state index in [-0.39, 0.29) is 22.8 Å². The number of phenols is 1. The van der Waals surface area contributed by atoms with Crippen molar-refractivity contribution in [2.24, 2.45) is 23.2 Å². The van der Waals surface area contributed by atoms with E-state index < -0.39 is 4.92 Å². The topological polar surface area (TPSA) is 80.4 Å². The van der Waals surface area contributed by atoms with Gasteiger partial charge in [0.25, 0.3) is 0 Å².